The Balaban J connectivity index is 1.69. The van der Waals surface area contributed by atoms with Crippen molar-refractivity contribution in [2.75, 3.05) is 12.4 Å². The van der Waals surface area contributed by atoms with Crippen LogP contribution in [-0.2, 0) is 13.0 Å². The molecule has 0 bridgehead atoms. The van der Waals surface area contributed by atoms with Crippen molar-refractivity contribution < 1.29 is 4.74 Å². The smallest absolute Gasteiger partial charge is 0.163 e. The number of ether oxygens (including phenoxy) is 1. The van der Waals surface area contributed by atoms with Crippen molar-refractivity contribution in [2.45, 2.75) is 19.9 Å². The molecule has 0 atom stereocenters. The molecule has 2 aromatic carbocycles. The lowest BCUT2D eigenvalue weighted by Gasteiger charge is -2.10. The summed E-state index contributed by atoms with van der Waals surface area (Å²) in [5, 5.41) is 4.59. The fourth-order valence-electron chi connectivity index (χ4n) is 2.93. The van der Waals surface area contributed by atoms with Gasteiger partial charge in [-0.05, 0) is 30.2 Å². The van der Waals surface area contributed by atoms with Crippen molar-refractivity contribution in [1.82, 2.24) is 9.97 Å². The van der Waals surface area contributed by atoms with Gasteiger partial charge < -0.3 is 10.1 Å². The molecular weight excluding hydrogens is 354 g/mol. The van der Waals surface area contributed by atoms with Crippen molar-refractivity contribution in [3.05, 3.63) is 71.1 Å². The van der Waals surface area contributed by atoms with Gasteiger partial charge in [-0.3, -0.25) is 0 Å². The van der Waals surface area contributed by atoms with E-state index in [1.165, 1.54) is 10.4 Å². The number of hydrogen-bond acceptors (Lipinski definition) is 5. The third kappa shape index (κ3) is 3.78. The van der Waals surface area contributed by atoms with Crippen LogP contribution in [0, 0.1) is 0 Å². The van der Waals surface area contributed by atoms with Crippen LogP contribution in [0.5, 0.6) is 5.75 Å². The van der Waals surface area contributed by atoms with Crippen LogP contribution in [0.4, 0.5) is 5.82 Å². The molecule has 2 aromatic heterocycles. The molecule has 5 heteroatoms. The first-order valence-corrected chi connectivity index (χ1v) is 9.81. The summed E-state index contributed by atoms with van der Waals surface area (Å²) >= 11 is 1.74. The minimum atomic E-state index is 0.696. The molecule has 0 aliphatic carbocycles. The first-order chi connectivity index (χ1) is 13.3. The van der Waals surface area contributed by atoms with Crippen LogP contribution in [-0.4, -0.2) is 17.1 Å². The third-order valence-corrected chi connectivity index (χ3v) is 5.62. The summed E-state index contributed by atoms with van der Waals surface area (Å²) in [6.45, 7) is 2.86. The third-order valence-electron chi connectivity index (χ3n) is 4.44. The second-order valence-electron chi connectivity index (χ2n) is 6.25. The maximum Gasteiger partial charge on any atom is 0.163 e. The summed E-state index contributed by atoms with van der Waals surface area (Å²) in [6, 6.07) is 20.4. The van der Waals surface area contributed by atoms with Gasteiger partial charge in [-0.1, -0.05) is 49.4 Å². The van der Waals surface area contributed by atoms with E-state index in [1.54, 1.807) is 18.4 Å². The molecule has 1 N–H and O–H groups in total. The van der Waals surface area contributed by atoms with Gasteiger partial charge in [-0.15, -0.1) is 11.3 Å². The molecule has 0 saturated heterocycles. The number of aromatic nitrogens is 2. The second-order valence-corrected chi connectivity index (χ2v) is 7.36. The van der Waals surface area contributed by atoms with Gasteiger partial charge in [0.05, 0.1) is 12.5 Å². The van der Waals surface area contributed by atoms with E-state index in [9.17, 15) is 0 Å². The number of rotatable bonds is 6. The Labute approximate surface area is 162 Å². The van der Waals surface area contributed by atoms with Crippen LogP contribution in [0.25, 0.3) is 21.6 Å². The van der Waals surface area contributed by atoms with E-state index >= 15 is 0 Å². The molecule has 0 fully saturated rings. The van der Waals surface area contributed by atoms with Crippen LogP contribution >= 0.6 is 11.3 Å². The summed E-state index contributed by atoms with van der Waals surface area (Å²) in [7, 11) is 1.68. The van der Waals surface area contributed by atoms with Gasteiger partial charge in [0.2, 0.25) is 0 Å². The topological polar surface area (TPSA) is 47.0 Å². The Hall–Kier alpha value is -2.92. The van der Waals surface area contributed by atoms with E-state index in [0.717, 1.165) is 39.6 Å². The normalized spacial score (nSPS) is 10.9. The fourth-order valence-corrected chi connectivity index (χ4v) is 3.89. The molecule has 0 aliphatic heterocycles. The highest BCUT2D eigenvalue weighted by Gasteiger charge is 2.12. The van der Waals surface area contributed by atoms with E-state index in [-0.39, 0.29) is 0 Å². The zero-order valence-corrected chi connectivity index (χ0v) is 16.2. The van der Waals surface area contributed by atoms with Crippen molar-refractivity contribution in [1.29, 1.82) is 0 Å². The summed E-state index contributed by atoms with van der Waals surface area (Å²) in [5.74, 6) is 2.50. The number of nitrogens with zero attached hydrogens (tertiary/aromatic N) is 2. The van der Waals surface area contributed by atoms with Gasteiger partial charge in [0.15, 0.2) is 5.82 Å². The Morgan fingerprint density at radius 1 is 1.00 bits per heavy atom. The number of anilines is 1. The molecule has 4 nitrogen and oxygen atoms in total. The summed E-state index contributed by atoms with van der Waals surface area (Å²) < 4.78 is 5.23. The molecule has 4 rings (SSSR count). The fraction of sp³-hybridized carbons (Fsp3) is 0.182. The molecule has 4 aromatic rings. The zero-order valence-electron chi connectivity index (χ0n) is 15.4. The van der Waals surface area contributed by atoms with Crippen LogP contribution in [0.3, 0.4) is 0 Å². The number of fused-ring (bicyclic) bond motifs is 1. The van der Waals surface area contributed by atoms with Gasteiger partial charge in [-0.2, -0.15) is 0 Å². The Morgan fingerprint density at radius 3 is 2.48 bits per heavy atom. The summed E-state index contributed by atoms with van der Waals surface area (Å²) in [5.41, 5.74) is 2.20. The standard InChI is InChI=1S/C22H21N3OS/c1-3-18-13-19-21(23-14-15-9-11-17(26-2)12-10-15)24-20(25-22(19)27-18)16-7-5-4-6-8-16/h4-13H,3,14H2,1-2H3,(H,23,24,25). The average molecular weight is 375 g/mol. The maximum atomic E-state index is 5.23. The van der Waals surface area contributed by atoms with Crippen LogP contribution in [0.2, 0.25) is 0 Å². The monoisotopic (exact) mass is 375 g/mol. The van der Waals surface area contributed by atoms with E-state index in [2.05, 4.69) is 30.4 Å². The first-order valence-electron chi connectivity index (χ1n) is 8.99. The van der Waals surface area contributed by atoms with Crippen molar-refractivity contribution in [3.8, 4) is 17.1 Å². The van der Waals surface area contributed by atoms with Crippen molar-refractivity contribution in [2.24, 2.45) is 0 Å². The maximum absolute atomic E-state index is 5.23. The van der Waals surface area contributed by atoms with E-state index < -0.39 is 0 Å². The van der Waals surface area contributed by atoms with E-state index in [4.69, 9.17) is 14.7 Å². The van der Waals surface area contributed by atoms with Crippen LogP contribution in [0.1, 0.15) is 17.4 Å². The van der Waals surface area contributed by atoms with Gasteiger partial charge in [0.1, 0.15) is 16.4 Å². The lowest BCUT2D eigenvalue weighted by Crippen LogP contribution is -2.03. The number of methoxy groups -OCH3 is 1. The molecule has 0 unspecified atom stereocenters. The molecule has 0 spiro atoms. The van der Waals surface area contributed by atoms with E-state index in [1.807, 2.05) is 42.5 Å². The predicted octanol–water partition coefficient (Wildman–Crippen LogP) is 5.54. The molecule has 136 valence electrons. The van der Waals surface area contributed by atoms with E-state index in [0.29, 0.717) is 6.54 Å². The lowest BCUT2D eigenvalue weighted by molar-refractivity contribution is 0.414. The lowest BCUT2D eigenvalue weighted by atomic mass is 10.2. The van der Waals surface area contributed by atoms with Crippen molar-refractivity contribution in [3.63, 3.8) is 0 Å². The van der Waals surface area contributed by atoms with Crippen LogP contribution in [0.15, 0.2) is 60.7 Å². The highest BCUT2D eigenvalue weighted by atomic mass is 32.1. The number of thiophene rings is 1. The Morgan fingerprint density at radius 2 is 1.78 bits per heavy atom. The first kappa shape index (κ1) is 17.5. The quantitative estimate of drug-likeness (QED) is 0.480. The minimum Gasteiger partial charge on any atom is -0.497 e. The number of hydrogen-bond donors (Lipinski definition) is 1. The molecule has 0 saturated carbocycles. The predicted molar refractivity (Wildman–Crippen MR) is 113 cm³/mol. The number of nitrogens with one attached hydrogen (secondary N) is 1. The highest BCUT2D eigenvalue weighted by Crippen LogP contribution is 2.32. The molecule has 0 radical (unpaired) electrons. The van der Waals surface area contributed by atoms with Gasteiger partial charge in [0, 0.05) is 17.0 Å². The number of aryl methyl sites for hydroxylation is 1. The average Bonchev–Trinajstić information content (AvgIpc) is 3.16. The number of benzene rings is 2. The van der Waals surface area contributed by atoms with Gasteiger partial charge in [-0.25, -0.2) is 9.97 Å². The largest absolute Gasteiger partial charge is 0.497 e. The summed E-state index contributed by atoms with van der Waals surface area (Å²) in [4.78, 5) is 12.0. The second kappa shape index (κ2) is 7.76. The Kier molecular flexibility index (Phi) is 5.03. The van der Waals surface area contributed by atoms with Gasteiger partial charge in [0.25, 0.3) is 0 Å². The highest BCUT2D eigenvalue weighted by molar-refractivity contribution is 7.18. The van der Waals surface area contributed by atoms with Crippen LogP contribution < -0.4 is 10.1 Å². The SMILES string of the molecule is CCc1cc2c(NCc3ccc(OC)cc3)nc(-c3ccccc3)nc2s1. The van der Waals surface area contributed by atoms with Gasteiger partial charge >= 0.3 is 0 Å². The molecular formula is C22H21N3OS. The molecule has 0 amide bonds. The summed E-state index contributed by atoms with van der Waals surface area (Å²) in [6.07, 6.45) is 1.000. The minimum absolute atomic E-state index is 0.696. The van der Waals surface area contributed by atoms with Crippen molar-refractivity contribution >= 4 is 27.4 Å². The molecule has 0 aliphatic rings. The zero-order chi connectivity index (χ0) is 18.6. The molecule has 2 heterocycles. The Bertz CT molecular complexity index is 1040. The molecule has 27 heavy (non-hydrogen) atoms.